The van der Waals surface area contributed by atoms with Gasteiger partial charge in [-0.25, -0.2) is 8.78 Å². The summed E-state index contributed by atoms with van der Waals surface area (Å²) in [6, 6.07) is 2.17. The van der Waals surface area contributed by atoms with Gasteiger partial charge in [0.2, 0.25) is 0 Å². The number of halogens is 5. The van der Waals surface area contributed by atoms with Gasteiger partial charge in [-0.1, -0.05) is 0 Å². The average molecular weight is 226 g/mol. The van der Waals surface area contributed by atoms with Gasteiger partial charge in [-0.2, -0.15) is 13.2 Å². The minimum Gasteiger partial charge on any atom is -0.496 e. The van der Waals surface area contributed by atoms with Crippen molar-refractivity contribution in [2.24, 2.45) is 0 Å². The summed E-state index contributed by atoms with van der Waals surface area (Å²) in [4.78, 5) is 0. The molecule has 0 aliphatic rings. The van der Waals surface area contributed by atoms with E-state index < -0.39 is 29.5 Å². The molecule has 0 N–H and O–H groups in total. The Labute approximate surface area is 82.5 Å². The van der Waals surface area contributed by atoms with Crippen LogP contribution in [0.15, 0.2) is 18.2 Å². The third-order valence-corrected chi connectivity index (χ3v) is 1.78. The zero-order valence-electron chi connectivity index (χ0n) is 7.61. The van der Waals surface area contributed by atoms with E-state index in [1.807, 2.05) is 0 Å². The molecule has 0 saturated carbocycles. The van der Waals surface area contributed by atoms with Gasteiger partial charge in [0.15, 0.2) is 0 Å². The zero-order valence-corrected chi connectivity index (χ0v) is 7.61. The lowest BCUT2D eigenvalue weighted by Crippen LogP contribution is -2.08. The standard InChI is InChI=1S/C9H7F5O/c1-15-7-3-2-5(8(10)11)4-6(7)9(12,13)14/h2-4,8H,1H3. The van der Waals surface area contributed by atoms with Crippen LogP contribution in [0.25, 0.3) is 0 Å². The Kier molecular flexibility index (Phi) is 3.16. The predicted octanol–water partition coefficient (Wildman–Crippen LogP) is 3.65. The fourth-order valence-corrected chi connectivity index (χ4v) is 1.08. The maximum Gasteiger partial charge on any atom is 0.419 e. The van der Waals surface area contributed by atoms with Crippen molar-refractivity contribution in [3.63, 3.8) is 0 Å². The molecule has 0 radical (unpaired) electrons. The second-order valence-electron chi connectivity index (χ2n) is 2.76. The second kappa shape index (κ2) is 4.04. The SMILES string of the molecule is COc1ccc(C(F)F)cc1C(F)(F)F. The predicted molar refractivity (Wildman–Crippen MR) is 43.0 cm³/mol. The van der Waals surface area contributed by atoms with Crippen LogP contribution in [0.3, 0.4) is 0 Å². The van der Waals surface area contributed by atoms with E-state index in [1.54, 1.807) is 0 Å². The lowest BCUT2D eigenvalue weighted by atomic mass is 10.1. The van der Waals surface area contributed by atoms with Gasteiger partial charge in [-0.05, 0) is 18.2 Å². The van der Waals surface area contributed by atoms with E-state index in [-0.39, 0.29) is 0 Å². The summed E-state index contributed by atoms with van der Waals surface area (Å²) in [5.41, 5.74) is -1.87. The van der Waals surface area contributed by atoms with Gasteiger partial charge in [-0.15, -0.1) is 0 Å². The highest BCUT2D eigenvalue weighted by molar-refractivity contribution is 5.39. The van der Waals surface area contributed by atoms with Crippen molar-refractivity contribution in [1.82, 2.24) is 0 Å². The van der Waals surface area contributed by atoms with E-state index in [9.17, 15) is 22.0 Å². The topological polar surface area (TPSA) is 9.23 Å². The molecule has 0 aliphatic carbocycles. The van der Waals surface area contributed by atoms with Gasteiger partial charge >= 0.3 is 6.18 Å². The van der Waals surface area contributed by atoms with Crippen molar-refractivity contribution in [3.05, 3.63) is 29.3 Å². The maximum absolute atomic E-state index is 12.4. The van der Waals surface area contributed by atoms with Crippen LogP contribution in [-0.4, -0.2) is 7.11 Å². The Hall–Kier alpha value is -1.33. The molecule has 1 aromatic carbocycles. The minimum absolute atomic E-state index is 0.392. The number of rotatable bonds is 2. The monoisotopic (exact) mass is 226 g/mol. The molecule has 0 aromatic heterocycles. The van der Waals surface area contributed by atoms with Gasteiger partial charge in [0.05, 0.1) is 12.7 Å². The lowest BCUT2D eigenvalue weighted by molar-refractivity contribution is -0.138. The van der Waals surface area contributed by atoms with Gasteiger partial charge in [-0.3, -0.25) is 0 Å². The first-order valence-corrected chi connectivity index (χ1v) is 3.89. The molecular weight excluding hydrogens is 219 g/mol. The summed E-state index contributed by atoms with van der Waals surface area (Å²) in [6.07, 6.45) is -7.63. The zero-order chi connectivity index (χ0) is 11.6. The van der Waals surface area contributed by atoms with Gasteiger partial charge in [0.1, 0.15) is 5.75 Å². The van der Waals surface area contributed by atoms with Crippen LogP contribution in [0.4, 0.5) is 22.0 Å². The van der Waals surface area contributed by atoms with Crippen LogP contribution in [0.5, 0.6) is 5.75 Å². The third-order valence-electron chi connectivity index (χ3n) is 1.78. The third kappa shape index (κ3) is 2.57. The highest BCUT2D eigenvalue weighted by Crippen LogP contribution is 2.38. The number of methoxy groups -OCH3 is 1. The van der Waals surface area contributed by atoms with Crippen molar-refractivity contribution in [2.45, 2.75) is 12.6 Å². The maximum atomic E-state index is 12.4. The van der Waals surface area contributed by atoms with Crippen molar-refractivity contribution in [2.75, 3.05) is 7.11 Å². The highest BCUT2D eigenvalue weighted by atomic mass is 19.4. The smallest absolute Gasteiger partial charge is 0.419 e. The van der Waals surface area contributed by atoms with E-state index in [0.717, 1.165) is 19.2 Å². The van der Waals surface area contributed by atoms with Crippen LogP contribution in [0, 0.1) is 0 Å². The summed E-state index contributed by atoms with van der Waals surface area (Å²) >= 11 is 0. The molecule has 1 nitrogen and oxygen atoms in total. The van der Waals surface area contributed by atoms with E-state index in [1.165, 1.54) is 0 Å². The Bertz CT molecular complexity index is 345. The summed E-state index contributed by atoms with van der Waals surface area (Å²) in [5, 5.41) is 0. The van der Waals surface area contributed by atoms with Crippen LogP contribution in [-0.2, 0) is 6.18 Å². The quantitative estimate of drug-likeness (QED) is 0.699. The fourth-order valence-electron chi connectivity index (χ4n) is 1.08. The molecule has 0 unspecified atom stereocenters. The van der Waals surface area contributed by atoms with E-state index >= 15 is 0 Å². The molecule has 0 aliphatic heterocycles. The number of benzene rings is 1. The lowest BCUT2D eigenvalue weighted by Gasteiger charge is -2.12. The first kappa shape index (κ1) is 11.7. The van der Waals surface area contributed by atoms with Crippen molar-refractivity contribution < 1.29 is 26.7 Å². The molecule has 0 amide bonds. The van der Waals surface area contributed by atoms with Crippen molar-refractivity contribution in [3.8, 4) is 5.75 Å². The summed E-state index contributed by atoms with van der Waals surface area (Å²) in [6.45, 7) is 0. The molecule has 0 atom stereocenters. The molecule has 1 aromatic rings. The molecule has 0 spiro atoms. The van der Waals surface area contributed by atoms with E-state index in [0.29, 0.717) is 6.07 Å². The van der Waals surface area contributed by atoms with Crippen LogP contribution >= 0.6 is 0 Å². The van der Waals surface area contributed by atoms with Crippen molar-refractivity contribution in [1.29, 1.82) is 0 Å². The van der Waals surface area contributed by atoms with Crippen LogP contribution in [0.1, 0.15) is 17.6 Å². The van der Waals surface area contributed by atoms with Crippen LogP contribution in [0.2, 0.25) is 0 Å². The molecule has 0 saturated heterocycles. The Balaban J connectivity index is 3.26. The number of hydrogen-bond acceptors (Lipinski definition) is 1. The van der Waals surface area contributed by atoms with Gasteiger partial charge in [0.25, 0.3) is 6.43 Å². The van der Waals surface area contributed by atoms with Gasteiger partial charge < -0.3 is 4.74 Å². The summed E-state index contributed by atoms with van der Waals surface area (Å²) in [7, 11) is 1.05. The Morgan fingerprint density at radius 3 is 2.20 bits per heavy atom. The molecule has 0 bridgehead atoms. The fraction of sp³-hybridized carbons (Fsp3) is 0.333. The van der Waals surface area contributed by atoms with Crippen molar-refractivity contribution >= 4 is 0 Å². The highest BCUT2D eigenvalue weighted by Gasteiger charge is 2.35. The Morgan fingerprint density at radius 1 is 1.20 bits per heavy atom. The largest absolute Gasteiger partial charge is 0.496 e. The van der Waals surface area contributed by atoms with E-state index in [2.05, 4.69) is 4.74 Å². The minimum atomic E-state index is -4.70. The first-order valence-electron chi connectivity index (χ1n) is 3.89. The normalized spacial score (nSPS) is 11.9. The van der Waals surface area contributed by atoms with E-state index in [4.69, 9.17) is 0 Å². The average Bonchev–Trinajstić information content (AvgIpc) is 2.15. The first-order chi connectivity index (χ1) is 6.86. The van der Waals surface area contributed by atoms with Gasteiger partial charge in [0, 0.05) is 5.56 Å². The number of ether oxygens (including phenoxy) is 1. The molecule has 1 rings (SSSR count). The van der Waals surface area contributed by atoms with Crippen LogP contribution < -0.4 is 4.74 Å². The number of hydrogen-bond donors (Lipinski definition) is 0. The molecule has 84 valence electrons. The molecule has 0 heterocycles. The Morgan fingerprint density at radius 2 is 1.80 bits per heavy atom. The summed E-state index contributed by atoms with van der Waals surface area (Å²) < 4.78 is 65.8. The number of alkyl halides is 5. The second-order valence-corrected chi connectivity index (χ2v) is 2.76. The molecule has 15 heavy (non-hydrogen) atoms. The molecule has 6 heteroatoms. The molecule has 0 fully saturated rings. The summed E-state index contributed by atoms with van der Waals surface area (Å²) in [5.74, 6) is -0.466. The molecular formula is C9H7F5O.